The van der Waals surface area contributed by atoms with Gasteiger partial charge in [0.2, 0.25) is 0 Å². The minimum absolute atomic E-state index is 0.0658. The van der Waals surface area contributed by atoms with Crippen molar-refractivity contribution in [1.82, 2.24) is 14.8 Å². The molecule has 2 heterocycles. The first-order valence-electron chi connectivity index (χ1n) is 10.3. The van der Waals surface area contributed by atoms with Crippen molar-refractivity contribution in [3.63, 3.8) is 0 Å². The standard InChI is InChI=1S/C22H27N3O3S/c1-15(2)28-17-8-6-16(7-9-17)22(27)25-12-10-24(11-13-25)14-20-23-18-4-3-5-19(26)21(18)29-20/h6-9,15H,3-5,10-14H2,1-2H3. The molecule has 1 aliphatic carbocycles. The molecule has 29 heavy (non-hydrogen) atoms. The number of benzene rings is 1. The molecule has 0 radical (unpaired) electrons. The highest BCUT2D eigenvalue weighted by atomic mass is 32.1. The number of aryl methyl sites for hydroxylation is 1. The number of fused-ring (bicyclic) bond motifs is 1. The number of hydrogen-bond donors (Lipinski definition) is 0. The zero-order chi connectivity index (χ0) is 20.4. The maximum absolute atomic E-state index is 12.8. The number of Topliss-reactive ketones (excluding diaryl/α,β-unsaturated/α-hetero) is 1. The van der Waals surface area contributed by atoms with Crippen LogP contribution in [0.15, 0.2) is 24.3 Å². The minimum atomic E-state index is 0.0658. The van der Waals surface area contributed by atoms with Crippen LogP contribution in [-0.2, 0) is 13.0 Å². The van der Waals surface area contributed by atoms with Gasteiger partial charge in [0.05, 0.1) is 23.2 Å². The Kier molecular flexibility index (Phi) is 5.96. The van der Waals surface area contributed by atoms with Crippen molar-refractivity contribution >= 4 is 23.0 Å². The summed E-state index contributed by atoms with van der Waals surface area (Å²) in [6.45, 7) is 7.76. The van der Waals surface area contributed by atoms with Gasteiger partial charge in [-0.3, -0.25) is 14.5 Å². The summed E-state index contributed by atoms with van der Waals surface area (Å²) in [4.78, 5) is 34.6. The summed E-state index contributed by atoms with van der Waals surface area (Å²) >= 11 is 1.55. The summed E-state index contributed by atoms with van der Waals surface area (Å²) in [6.07, 6.45) is 2.60. The molecule has 4 rings (SSSR count). The van der Waals surface area contributed by atoms with Gasteiger partial charge in [0.1, 0.15) is 10.8 Å². The van der Waals surface area contributed by atoms with E-state index in [4.69, 9.17) is 4.74 Å². The topological polar surface area (TPSA) is 62.7 Å². The van der Waals surface area contributed by atoms with Crippen LogP contribution in [0.3, 0.4) is 0 Å². The second-order valence-electron chi connectivity index (χ2n) is 7.92. The number of nitrogens with zero attached hydrogens (tertiary/aromatic N) is 3. The lowest BCUT2D eigenvalue weighted by atomic mass is 10.0. The van der Waals surface area contributed by atoms with Crippen LogP contribution >= 0.6 is 11.3 Å². The zero-order valence-corrected chi connectivity index (χ0v) is 17.8. The lowest BCUT2D eigenvalue weighted by molar-refractivity contribution is 0.0628. The molecule has 1 saturated heterocycles. The van der Waals surface area contributed by atoms with E-state index in [9.17, 15) is 9.59 Å². The van der Waals surface area contributed by atoms with E-state index in [1.807, 2.05) is 43.0 Å². The smallest absolute Gasteiger partial charge is 0.253 e. The van der Waals surface area contributed by atoms with E-state index < -0.39 is 0 Å². The number of thiazole rings is 1. The van der Waals surface area contributed by atoms with Crippen molar-refractivity contribution in [2.45, 2.75) is 45.8 Å². The first kappa shape index (κ1) is 20.0. The van der Waals surface area contributed by atoms with Crippen molar-refractivity contribution < 1.29 is 14.3 Å². The normalized spacial score (nSPS) is 17.5. The van der Waals surface area contributed by atoms with Crippen LogP contribution in [0, 0.1) is 0 Å². The fourth-order valence-electron chi connectivity index (χ4n) is 3.82. The van der Waals surface area contributed by atoms with Gasteiger partial charge in [0.15, 0.2) is 5.78 Å². The monoisotopic (exact) mass is 413 g/mol. The number of carbonyl (C=O) groups excluding carboxylic acids is 2. The third-order valence-electron chi connectivity index (χ3n) is 5.30. The molecular formula is C22H27N3O3S. The molecule has 2 aliphatic rings. The number of hydrogen-bond acceptors (Lipinski definition) is 6. The number of ketones is 1. The average Bonchev–Trinajstić information content (AvgIpc) is 3.12. The SMILES string of the molecule is CC(C)Oc1ccc(C(=O)N2CCN(Cc3nc4c(s3)C(=O)CCC4)CC2)cc1. The number of amides is 1. The Morgan fingerprint density at radius 3 is 2.52 bits per heavy atom. The molecule has 1 aromatic heterocycles. The van der Waals surface area contributed by atoms with Crippen LogP contribution in [-0.4, -0.2) is 58.8 Å². The molecule has 0 spiro atoms. The molecule has 0 saturated carbocycles. The van der Waals surface area contributed by atoms with Crippen LogP contribution in [0.5, 0.6) is 5.75 Å². The quantitative estimate of drug-likeness (QED) is 0.752. The Bertz CT molecular complexity index is 883. The van der Waals surface area contributed by atoms with Crippen LogP contribution in [0.1, 0.15) is 57.4 Å². The van der Waals surface area contributed by atoms with Crippen LogP contribution in [0.25, 0.3) is 0 Å². The molecule has 1 aliphatic heterocycles. The number of ether oxygens (including phenoxy) is 1. The van der Waals surface area contributed by atoms with E-state index in [0.717, 1.165) is 53.8 Å². The summed E-state index contributed by atoms with van der Waals surface area (Å²) in [6, 6.07) is 7.39. The Labute approximate surface area is 175 Å². The second-order valence-corrected chi connectivity index (χ2v) is 9.00. The number of aromatic nitrogens is 1. The zero-order valence-electron chi connectivity index (χ0n) is 17.0. The summed E-state index contributed by atoms with van der Waals surface area (Å²) in [5.74, 6) is 1.09. The number of piperazine rings is 1. The third-order valence-corrected chi connectivity index (χ3v) is 6.43. The number of carbonyl (C=O) groups is 2. The van der Waals surface area contributed by atoms with Gasteiger partial charge in [0.25, 0.3) is 5.91 Å². The molecule has 6 nitrogen and oxygen atoms in total. The average molecular weight is 414 g/mol. The summed E-state index contributed by atoms with van der Waals surface area (Å²) < 4.78 is 5.64. The molecule has 0 atom stereocenters. The Morgan fingerprint density at radius 2 is 1.86 bits per heavy atom. The molecule has 1 fully saturated rings. The van der Waals surface area contributed by atoms with Gasteiger partial charge in [-0.25, -0.2) is 4.98 Å². The fourth-order valence-corrected chi connectivity index (χ4v) is 4.94. The van der Waals surface area contributed by atoms with E-state index >= 15 is 0 Å². The first-order valence-corrected chi connectivity index (χ1v) is 11.1. The van der Waals surface area contributed by atoms with Crippen molar-refractivity contribution in [2.75, 3.05) is 26.2 Å². The van der Waals surface area contributed by atoms with Gasteiger partial charge in [-0.1, -0.05) is 0 Å². The maximum Gasteiger partial charge on any atom is 0.253 e. The highest BCUT2D eigenvalue weighted by Gasteiger charge is 2.25. The van der Waals surface area contributed by atoms with E-state index in [1.165, 1.54) is 0 Å². The van der Waals surface area contributed by atoms with E-state index in [1.54, 1.807) is 11.3 Å². The molecule has 154 valence electrons. The van der Waals surface area contributed by atoms with E-state index in [-0.39, 0.29) is 17.8 Å². The van der Waals surface area contributed by atoms with Crippen LogP contribution in [0.2, 0.25) is 0 Å². The summed E-state index contributed by atoms with van der Waals surface area (Å²) in [5, 5.41) is 1.02. The van der Waals surface area contributed by atoms with Gasteiger partial charge in [-0.2, -0.15) is 0 Å². The second kappa shape index (κ2) is 8.63. The Hall–Kier alpha value is -2.25. The first-order chi connectivity index (χ1) is 14.0. The number of rotatable bonds is 5. The highest BCUT2D eigenvalue weighted by Crippen LogP contribution is 2.27. The minimum Gasteiger partial charge on any atom is -0.491 e. The third kappa shape index (κ3) is 4.67. The fraction of sp³-hybridized carbons (Fsp3) is 0.500. The highest BCUT2D eigenvalue weighted by molar-refractivity contribution is 7.13. The largest absolute Gasteiger partial charge is 0.491 e. The maximum atomic E-state index is 12.8. The van der Waals surface area contributed by atoms with Gasteiger partial charge in [0, 0.05) is 38.2 Å². The van der Waals surface area contributed by atoms with E-state index in [2.05, 4.69) is 9.88 Å². The Balaban J connectivity index is 1.31. The summed E-state index contributed by atoms with van der Waals surface area (Å²) in [7, 11) is 0. The molecule has 7 heteroatoms. The summed E-state index contributed by atoms with van der Waals surface area (Å²) in [5.41, 5.74) is 1.68. The predicted octanol–water partition coefficient (Wildman–Crippen LogP) is 3.41. The lowest BCUT2D eigenvalue weighted by Gasteiger charge is -2.34. The molecular weight excluding hydrogens is 386 g/mol. The molecule has 1 amide bonds. The van der Waals surface area contributed by atoms with Crippen molar-refractivity contribution in [2.24, 2.45) is 0 Å². The van der Waals surface area contributed by atoms with E-state index in [0.29, 0.717) is 25.1 Å². The lowest BCUT2D eigenvalue weighted by Crippen LogP contribution is -2.48. The molecule has 1 aromatic carbocycles. The van der Waals surface area contributed by atoms with Gasteiger partial charge < -0.3 is 9.64 Å². The molecule has 2 aromatic rings. The molecule has 0 bridgehead atoms. The Morgan fingerprint density at radius 1 is 1.14 bits per heavy atom. The predicted molar refractivity (Wildman–Crippen MR) is 113 cm³/mol. The van der Waals surface area contributed by atoms with Crippen LogP contribution in [0.4, 0.5) is 0 Å². The van der Waals surface area contributed by atoms with Gasteiger partial charge in [-0.05, 0) is 51.0 Å². The van der Waals surface area contributed by atoms with Gasteiger partial charge in [-0.15, -0.1) is 11.3 Å². The van der Waals surface area contributed by atoms with Gasteiger partial charge >= 0.3 is 0 Å². The molecule has 0 N–H and O–H groups in total. The van der Waals surface area contributed by atoms with Crippen LogP contribution < -0.4 is 4.74 Å². The van der Waals surface area contributed by atoms with Crippen molar-refractivity contribution in [1.29, 1.82) is 0 Å². The molecule has 0 unspecified atom stereocenters. The van der Waals surface area contributed by atoms with Crippen molar-refractivity contribution in [3.05, 3.63) is 45.4 Å². The van der Waals surface area contributed by atoms with Crippen molar-refractivity contribution in [3.8, 4) is 5.75 Å².